The molecular formula is C21H23ClN4O3. The van der Waals surface area contributed by atoms with E-state index < -0.39 is 4.92 Å². The fraction of sp³-hybridized carbons (Fsp3) is 0.286. The van der Waals surface area contributed by atoms with Gasteiger partial charge >= 0.3 is 0 Å². The van der Waals surface area contributed by atoms with E-state index in [4.69, 9.17) is 11.6 Å². The van der Waals surface area contributed by atoms with Gasteiger partial charge in [-0.1, -0.05) is 54.1 Å². The van der Waals surface area contributed by atoms with Gasteiger partial charge in [-0.05, 0) is 17.7 Å². The molecule has 0 aromatic heterocycles. The first-order chi connectivity index (χ1) is 14.0. The Morgan fingerprint density at radius 2 is 1.79 bits per heavy atom. The van der Waals surface area contributed by atoms with Crippen LogP contribution in [0.25, 0.3) is 6.08 Å². The molecule has 29 heavy (non-hydrogen) atoms. The van der Waals surface area contributed by atoms with Gasteiger partial charge in [-0.15, -0.1) is 0 Å². The molecule has 8 heteroatoms. The van der Waals surface area contributed by atoms with Crippen LogP contribution >= 0.6 is 11.6 Å². The number of nitrogens with zero attached hydrogens (tertiary/aromatic N) is 3. The number of hydrogen-bond acceptors (Lipinski definition) is 5. The highest BCUT2D eigenvalue weighted by atomic mass is 35.5. The first kappa shape index (κ1) is 21.0. The average Bonchev–Trinajstić information content (AvgIpc) is 2.71. The van der Waals surface area contributed by atoms with Gasteiger partial charge in [0.1, 0.15) is 5.02 Å². The van der Waals surface area contributed by atoms with E-state index >= 15 is 0 Å². The van der Waals surface area contributed by atoms with Gasteiger partial charge in [0.2, 0.25) is 5.91 Å². The molecule has 1 fully saturated rings. The summed E-state index contributed by atoms with van der Waals surface area (Å²) in [5.74, 6) is -0.195. The summed E-state index contributed by atoms with van der Waals surface area (Å²) in [6.45, 7) is 4.51. The van der Waals surface area contributed by atoms with Crippen molar-refractivity contribution in [2.24, 2.45) is 0 Å². The Bertz CT molecular complexity index is 881. The number of nitro groups is 1. The number of hydrogen-bond donors (Lipinski definition) is 1. The van der Waals surface area contributed by atoms with Crippen LogP contribution in [0.5, 0.6) is 0 Å². The molecule has 0 aliphatic carbocycles. The topological polar surface area (TPSA) is 78.7 Å². The number of rotatable bonds is 7. The molecule has 0 spiro atoms. The second-order valence-electron chi connectivity index (χ2n) is 6.86. The third-order valence-electron chi connectivity index (χ3n) is 4.73. The van der Waals surface area contributed by atoms with Gasteiger partial charge in [-0.3, -0.25) is 24.7 Å². The molecule has 2 aromatic rings. The Hall–Kier alpha value is -2.74. The van der Waals surface area contributed by atoms with Crippen LogP contribution in [0.4, 0.5) is 11.4 Å². The Kier molecular flexibility index (Phi) is 7.35. The molecular weight excluding hydrogens is 392 g/mol. The minimum absolute atomic E-state index is 0.0467. The molecule has 0 radical (unpaired) electrons. The SMILES string of the molecule is O=C(CN1CCN(C/C=C/c2ccccc2)CC1)Nc1ccc(Cl)c([N+](=O)[O-])c1. The summed E-state index contributed by atoms with van der Waals surface area (Å²) in [5, 5.41) is 13.7. The van der Waals surface area contributed by atoms with E-state index in [2.05, 4.69) is 39.4 Å². The number of anilines is 1. The first-order valence-electron chi connectivity index (χ1n) is 9.41. The number of benzene rings is 2. The highest BCUT2D eigenvalue weighted by Gasteiger charge is 2.19. The maximum Gasteiger partial charge on any atom is 0.289 e. The second kappa shape index (κ2) is 10.2. The zero-order valence-electron chi connectivity index (χ0n) is 16.0. The lowest BCUT2D eigenvalue weighted by molar-refractivity contribution is -0.384. The van der Waals surface area contributed by atoms with Crippen molar-refractivity contribution in [1.29, 1.82) is 0 Å². The number of halogens is 1. The third kappa shape index (κ3) is 6.39. The van der Waals surface area contributed by atoms with Gasteiger partial charge in [-0.25, -0.2) is 0 Å². The Morgan fingerprint density at radius 3 is 2.48 bits per heavy atom. The minimum atomic E-state index is -0.566. The Balaban J connectivity index is 1.42. The molecule has 7 nitrogen and oxygen atoms in total. The van der Waals surface area contributed by atoms with E-state index in [-0.39, 0.29) is 23.2 Å². The largest absolute Gasteiger partial charge is 0.325 e. The molecule has 0 unspecified atom stereocenters. The van der Waals surface area contributed by atoms with Crippen LogP contribution in [0.3, 0.4) is 0 Å². The monoisotopic (exact) mass is 414 g/mol. The van der Waals surface area contributed by atoms with Gasteiger partial charge in [-0.2, -0.15) is 0 Å². The van der Waals surface area contributed by atoms with Crippen LogP contribution in [-0.2, 0) is 4.79 Å². The number of carbonyl (C=O) groups excluding carboxylic acids is 1. The molecule has 1 aliphatic rings. The van der Waals surface area contributed by atoms with E-state index in [0.29, 0.717) is 5.69 Å². The van der Waals surface area contributed by atoms with Crippen LogP contribution in [0.1, 0.15) is 5.56 Å². The van der Waals surface area contributed by atoms with E-state index in [1.807, 2.05) is 18.2 Å². The van der Waals surface area contributed by atoms with E-state index in [0.717, 1.165) is 32.7 Å². The van der Waals surface area contributed by atoms with Crippen LogP contribution in [0, 0.1) is 10.1 Å². The number of carbonyl (C=O) groups is 1. The maximum absolute atomic E-state index is 12.3. The first-order valence-corrected chi connectivity index (χ1v) is 9.79. The lowest BCUT2D eigenvalue weighted by atomic mass is 10.2. The second-order valence-corrected chi connectivity index (χ2v) is 7.27. The molecule has 0 atom stereocenters. The molecule has 2 aromatic carbocycles. The standard InChI is InChI=1S/C21H23ClN4O3/c22-19-9-8-18(15-20(19)26(28)29)23-21(27)16-25-13-11-24(12-14-25)10-4-7-17-5-2-1-3-6-17/h1-9,15H,10-14,16H2,(H,23,27)/b7-4+. The molecule has 1 amide bonds. The summed E-state index contributed by atoms with van der Waals surface area (Å²) in [5.41, 5.74) is 1.34. The van der Waals surface area contributed by atoms with Gasteiger partial charge in [0.25, 0.3) is 5.69 Å². The molecule has 1 N–H and O–H groups in total. The van der Waals surface area contributed by atoms with Gasteiger partial charge < -0.3 is 5.32 Å². The smallest absolute Gasteiger partial charge is 0.289 e. The number of piperazine rings is 1. The van der Waals surface area contributed by atoms with Gasteiger partial charge in [0.15, 0.2) is 0 Å². The molecule has 0 bridgehead atoms. The van der Waals surface area contributed by atoms with Crippen molar-refractivity contribution in [2.45, 2.75) is 0 Å². The molecule has 3 rings (SSSR count). The van der Waals surface area contributed by atoms with Crippen molar-refractivity contribution in [3.05, 3.63) is 75.3 Å². The molecule has 1 saturated heterocycles. The van der Waals surface area contributed by atoms with E-state index in [1.54, 1.807) is 6.07 Å². The zero-order chi connectivity index (χ0) is 20.6. The number of nitrogens with one attached hydrogen (secondary N) is 1. The van der Waals surface area contributed by atoms with Crippen LogP contribution < -0.4 is 5.32 Å². The number of nitro benzene ring substituents is 1. The highest BCUT2D eigenvalue weighted by molar-refractivity contribution is 6.32. The average molecular weight is 415 g/mol. The van der Waals surface area contributed by atoms with E-state index in [9.17, 15) is 14.9 Å². The molecule has 1 heterocycles. The van der Waals surface area contributed by atoms with Crippen molar-refractivity contribution in [3.63, 3.8) is 0 Å². The fourth-order valence-corrected chi connectivity index (χ4v) is 3.35. The summed E-state index contributed by atoms with van der Waals surface area (Å²) in [6.07, 6.45) is 4.27. The van der Waals surface area contributed by atoms with Crippen molar-refractivity contribution in [2.75, 3.05) is 44.6 Å². The van der Waals surface area contributed by atoms with Crippen molar-refractivity contribution < 1.29 is 9.72 Å². The molecule has 0 saturated carbocycles. The Morgan fingerprint density at radius 1 is 1.10 bits per heavy atom. The fourth-order valence-electron chi connectivity index (χ4n) is 3.17. The van der Waals surface area contributed by atoms with Crippen molar-refractivity contribution >= 4 is 35.0 Å². The lowest BCUT2D eigenvalue weighted by Gasteiger charge is -2.33. The molecule has 152 valence electrons. The summed E-state index contributed by atoms with van der Waals surface area (Å²) < 4.78 is 0. The maximum atomic E-state index is 12.3. The highest BCUT2D eigenvalue weighted by Crippen LogP contribution is 2.27. The predicted molar refractivity (Wildman–Crippen MR) is 115 cm³/mol. The minimum Gasteiger partial charge on any atom is -0.325 e. The summed E-state index contributed by atoms with van der Waals surface area (Å²) in [4.78, 5) is 27.1. The zero-order valence-corrected chi connectivity index (χ0v) is 16.7. The molecule has 1 aliphatic heterocycles. The summed E-state index contributed by atoms with van der Waals surface area (Å²) in [7, 11) is 0. The third-order valence-corrected chi connectivity index (χ3v) is 5.05. The van der Waals surface area contributed by atoms with Crippen LogP contribution in [0.2, 0.25) is 5.02 Å². The Labute approximate surface area is 174 Å². The summed E-state index contributed by atoms with van der Waals surface area (Å²) in [6, 6.07) is 14.4. The summed E-state index contributed by atoms with van der Waals surface area (Å²) >= 11 is 5.80. The van der Waals surface area contributed by atoms with Crippen LogP contribution in [-0.4, -0.2) is 59.9 Å². The van der Waals surface area contributed by atoms with E-state index in [1.165, 1.54) is 17.7 Å². The van der Waals surface area contributed by atoms with Gasteiger partial charge in [0, 0.05) is 44.5 Å². The van der Waals surface area contributed by atoms with Gasteiger partial charge in [0.05, 0.1) is 11.5 Å². The number of amides is 1. The normalized spacial score (nSPS) is 15.5. The van der Waals surface area contributed by atoms with Crippen LogP contribution in [0.15, 0.2) is 54.6 Å². The predicted octanol–water partition coefficient (Wildman–Crippen LogP) is 3.52. The van der Waals surface area contributed by atoms with Crippen molar-refractivity contribution in [1.82, 2.24) is 9.80 Å². The van der Waals surface area contributed by atoms with Crippen molar-refractivity contribution in [3.8, 4) is 0 Å². The lowest BCUT2D eigenvalue weighted by Crippen LogP contribution is -2.48. The quantitative estimate of drug-likeness (QED) is 0.554.